The minimum absolute atomic E-state index is 0.0357. The minimum atomic E-state index is -0.0357. The van der Waals surface area contributed by atoms with E-state index in [1.807, 2.05) is 0 Å². The van der Waals surface area contributed by atoms with Gasteiger partial charge in [-0.15, -0.1) is 0 Å². The molecular weight excluding hydrogens is 220 g/mol. The zero-order chi connectivity index (χ0) is 9.14. The highest BCUT2D eigenvalue weighted by atomic mass is 79.9. The number of halogens is 1. The molecule has 0 spiro atoms. The molecule has 64 valence electrons. The van der Waals surface area contributed by atoms with E-state index >= 15 is 0 Å². The Labute approximate surface area is 79.0 Å². The highest BCUT2D eigenvalue weighted by Crippen LogP contribution is 2.31. The van der Waals surface area contributed by atoms with Crippen LogP contribution in [0.15, 0.2) is 17.8 Å². The molecule has 0 aliphatic heterocycles. The summed E-state index contributed by atoms with van der Waals surface area (Å²) in [6.07, 6.45) is 1.69. The summed E-state index contributed by atoms with van der Waals surface area (Å²) in [6, 6.07) is 0. The maximum atomic E-state index is 8.93. The van der Waals surface area contributed by atoms with Crippen LogP contribution in [0.5, 0.6) is 0 Å². The van der Waals surface area contributed by atoms with Crippen molar-refractivity contribution in [1.29, 1.82) is 0 Å². The lowest BCUT2D eigenvalue weighted by atomic mass is 10.2. The Morgan fingerprint density at radius 2 is 2.42 bits per heavy atom. The molecule has 4 heteroatoms. The van der Waals surface area contributed by atoms with Gasteiger partial charge in [-0.1, -0.05) is 22.5 Å². The quantitative estimate of drug-likeness (QED) is 0.767. The molecule has 0 unspecified atom stereocenters. The molecule has 0 saturated carbocycles. The van der Waals surface area contributed by atoms with Crippen molar-refractivity contribution in [1.82, 2.24) is 4.98 Å². The molecule has 0 bridgehead atoms. The smallest absolute Gasteiger partial charge is 0.137 e. The minimum Gasteiger partial charge on any atom is -0.392 e. The van der Waals surface area contributed by atoms with Crippen LogP contribution < -0.4 is 0 Å². The lowest BCUT2D eigenvalue weighted by Crippen LogP contribution is -1.83. The summed E-state index contributed by atoms with van der Waals surface area (Å²) in [5.74, 6) is 0.626. The molecule has 0 atom stereocenters. The van der Waals surface area contributed by atoms with E-state index in [1.165, 1.54) is 0 Å². The van der Waals surface area contributed by atoms with Crippen LogP contribution in [0.4, 0.5) is 5.82 Å². The van der Waals surface area contributed by atoms with Crippen molar-refractivity contribution in [2.45, 2.75) is 6.61 Å². The highest BCUT2D eigenvalue weighted by molar-refractivity contribution is 9.15. The van der Waals surface area contributed by atoms with Crippen LogP contribution in [0.25, 0.3) is 4.48 Å². The molecule has 1 aromatic heterocycles. The number of hydrogen-bond acceptors (Lipinski definition) is 2. The lowest BCUT2D eigenvalue weighted by molar-refractivity contribution is 0.282. The van der Waals surface area contributed by atoms with Crippen molar-refractivity contribution in [3.8, 4) is 0 Å². The third kappa shape index (κ3) is 1.49. The fourth-order valence-electron chi connectivity index (χ4n) is 1.00. The van der Waals surface area contributed by atoms with Gasteiger partial charge in [0, 0.05) is 21.8 Å². The maximum absolute atomic E-state index is 8.93. The number of nitrogens with one attached hydrogen (secondary N) is 1. The first kappa shape index (κ1) is 9.22. The molecule has 1 aromatic rings. The summed E-state index contributed by atoms with van der Waals surface area (Å²) in [5.41, 5.74) is 1.55. The number of aliphatic imine (C=N–C) groups is 1. The van der Waals surface area contributed by atoms with Gasteiger partial charge < -0.3 is 10.1 Å². The van der Waals surface area contributed by atoms with E-state index in [2.05, 4.69) is 39.2 Å². The molecule has 0 aliphatic carbocycles. The van der Waals surface area contributed by atoms with Gasteiger partial charge in [-0.25, -0.2) is 4.99 Å². The van der Waals surface area contributed by atoms with Crippen molar-refractivity contribution in [3.05, 3.63) is 23.9 Å². The summed E-state index contributed by atoms with van der Waals surface area (Å²) in [7, 11) is 0. The summed E-state index contributed by atoms with van der Waals surface area (Å²) in [4.78, 5) is 6.63. The number of aromatic nitrogens is 1. The van der Waals surface area contributed by atoms with E-state index in [-0.39, 0.29) is 6.61 Å². The predicted molar refractivity (Wildman–Crippen MR) is 53.9 cm³/mol. The monoisotopic (exact) mass is 228 g/mol. The van der Waals surface area contributed by atoms with Crippen molar-refractivity contribution in [2.24, 2.45) is 4.99 Å². The maximum Gasteiger partial charge on any atom is 0.137 e. The van der Waals surface area contributed by atoms with Gasteiger partial charge in [0.2, 0.25) is 0 Å². The summed E-state index contributed by atoms with van der Waals surface area (Å²) in [5, 5.41) is 8.93. The van der Waals surface area contributed by atoms with Crippen LogP contribution >= 0.6 is 15.9 Å². The second kappa shape index (κ2) is 3.69. The van der Waals surface area contributed by atoms with Crippen molar-refractivity contribution in [3.63, 3.8) is 0 Å². The first-order valence-electron chi connectivity index (χ1n) is 3.33. The average Bonchev–Trinajstić information content (AvgIpc) is 2.46. The normalized spacial score (nSPS) is 9.83. The molecule has 12 heavy (non-hydrogen) atoms. The second-order valence-electron chi connectivity index (χ2n) is 2.26. The Balaban J connectivity index is 3.25. The van der Waals surface area contributed by atoms with Gasteiger partial charge in [0.05, 0.1) is 6.61 Å². The summed E-state index contributed by atoms with van der Waals surface area (Å²) in [6.45, 7) is 7.07. The number of aliphatic hydroxyl groups is 1. The van der Waals surface area contributed by atoms with E-state index in [4.69, 9.17) is 5.11 Å². The molecule has 0 fully saturated rings. The second-order valence-corrected chi connectivity index (χ2v) is 3.22. The predicted octanol–water partition coefficient (Wildman–Crippen LogP) is 2.20. The third-order valence-electron chi connectivity index (χ3n) is 1.54. The van der Waals surface area contributed by atoms with Crippen LogP contribution in [0.1, 0.15) is 11.1 Å². The average molecular weight is 229 g/mol. The zero-order valence-electron chi connectivity index (χ0n) is 6.47. The number of H-pyrrole nitrogens is 1. The molecule has 0 aromatic carbocycles. The van der Waals surface area contributed by atoms with Crippen molar-refractivity contribution in [2.75, 3.05) is 0 Å². The van der Waals surface area contributed by atoms with Crippen LogP contribution in [0, 0.1) is 0 Å². The van der Waals surface area contributed by atoms with Gasteiger partial charge in [-0.2, -0.15) is 0 Å². The van der Waals surface area contributed by atoms with E-state index in [1.54, 1.807) is 6.20 Å². The largest absolute Gasteiger partial charge is 0.392 e. The fourth-order valence-corrected chi connectivity index (χ4v) is 1.45. The zero-order valence-corrected chi connectivity index (χ0v) is 8.06. The van der Waals surface area contributed by atoms with Crippen LogP contribution in [0.2, 0.25) is 0 Å². The number of aromatic amines is 1. The molecular formula is C8H9BrN2O. The van der Waals surface area contributed by atoms with Crippen LogP contribution in [0.3, 0.4) is 0 Å². The van der Waals surface area contributed by atoms with Gasteiger partial charge in [-0.05, 0) is 6.72 Å². The van der Waals surface area contributed by atoms with Crippen LogP contribution in [-0.2, 0) is 6.61 Å². The number of aliphatic hydroxyl groups excluding tert-OH is 1. The summed E-state index contributed by atoms with van der Waals surface area (Å²) < 4.78 is 0.690. The van der Waals surface area contributed by atoms with Gasteiger partial charge >= 0.3 is 0 Å². The number of rotatable bonds is 3. The number of hydrogen-bond donors (Lipinski definition) is 2. The number of nitrogens with zero attached hydrogens (tertiary/aromatic N) is 1. The van der Waals surface area contributed by atoms with Gasteiger partial charge in [0.25, 0.3) is 0 Å². The van der Waals surface area contributed by atoms with E-state index in [0.29, 0.717) is 10.3 Å². The van der Waals surface area contributed by atoms with E-state index in [0.717, 1.165) is 11.1 Å². The highest BCUT2D eigenvalue weighted by Gasteiger charge is 2.10. The van der Waals surface area contributed by atoms with E-state index < -0.39 is 0 Å². The first-order chi connectivity index (χ1) is 5.70. The molecule has 1 heterocycles. The molecule has 2 N–H and O–H groups in total. The fraction of sp³-hybridized carbons (Fsp3) is 0.125. The lowest BCUT2D eigenvalue weighted by Gasteiger charge is -1.98. The van der Waals surface area contributed by atoms with Gasteiger partial charge in [-0.3, -0.25) is 0 Å². The topological polar surface area (TPSA) is 48.4 Å². The van der Waals surface area contributed by atoms with E-state index in [9.17, 15) is 0 Å². The van der Waals surface area contributed by atoms with Crippen molar-refractivity contribution >= 4 is 32.9 Å². The van der Waals surface area contributed by atoms with Gasteiger partial charge in [0.15, 0.2) is 0 Å². The Morgan fingerprint density at radius 3 is 2.83 bits per heavy atom. The molecule has 0 amide bonds. The standard InChI is InChI=1S/C8H9BrN2O/c1-5(9)7-6(4-12)3-11-8(7)10-2/h3,11-12H,1-2,4H2. The SMILES string of the molecule is C=Nc1[nH]cc(CO)c1C(=C)Br. The van der Waals surface area contributed by atoms with Crippen LogP contribution in [-0.4, -0.2) is 16.8 Å². The molecule has 0 saturated heterocycles. The Morgan fingerprint density at radius 1 is 1.75 bits per heavy atom. The van der Waals surface area contributed by atoms with Crippen molar-refractivity contribution < 1.29 is 5.11 Å². The molecule has 1 rings (SSSR count). The molecule has 3 nitrogen and oxygen atoms in total. The Hall–Kier alpha value is -0.870. The first-order valence-corrected chi connectivity index (χ1v) is 4.12. The molecule has 0 aliphatic rings. The molecule has 0 radical (unpaired) electrons. The third-order valence-corrected chi connectivity index (χ3v) is 1.94. The Kier molecular flexibility index (Phi) is 2.83. The van der Waals surface area contributed by atoms with Gasteiger partial charge in [0.1, 0.15) is 5.82 Å². The summed E-state index contributed by atoms with van der Waals surface area (Å²) >= 11 is 3.23. The Bertz CT molecular complexity index is 317.